The average molecular weight is 423 g/mol. The molecule has 0 aliphatic carbocycles. The molecule has 0 saturated heterocycles. The number of fused-ring (bicyclic) bond motifs is 1. The summed E-state index contributed by atoms with van der Waals surface area (Å²) in [5.41, 5.74) is 4.32. The van der Waals surface area contributed by atoms with Gasteiger partial charge in [0.25, 0.3) is 0 Å². The Kier molecular flexibility index (Phi) is 5.09. The minimum Gasteiger partial charge on any atom is -0.497 e. The van der Waals surface area contributed by atoms with Gasteiger partial charge in [-0.25, -0.2) is 13.4 Å². The molecule has 0 aliphatic heterocycles. The molecule has 0 aliphatic rings. The third-order valence-corrected chi connectivity index (χ3v) is 5.37. The van der Waals surface area contributed by atoms with Crippen LogP contribution in [0.2, 0.25) is 0 Å². The number of pyridine rings is 1. The number of rotatable bonds is 6. The van der Waals surface area contributed by atoms with Gasteiger partial charge in [-0.05, 0) is 42.5 Å². The highest BCUT2D eigenvalue weighted by Crippen LogP contribution is 2.33. The predicted octanol–water partition coefficient (Wildman–Crippen LogP) is 4.36. The third kappa shape index (κ3) is 4.08. The number of methoxy groups -OCH3 is 1. The van der Waals surface area contributed by atoms with Gasteiger partial charge >= 0.3 is 0 Å². The van der Waals surface area contributed by atoms with Crippen LogP contribution in [-0.4, -0.2) is 31.3 Å². The van der Waals surface area contributed by atoms with E-state index in [0.29, 0.717) is 11.5 Å². The molecular weight excluding hydrogens is 400 g/mol. The largest absolute Gasteiger partial charge is 0.497 e. The summed E-state index contributed by atoms with van der Waals surface area (Å²) >= 11 is 0. The summed E-state index contributed by atoms with van der Waals surface area (Å²) in [5.74, 6) is 1.48. The summed E-state index contributed by atoms with van der Waals surface area (Å²) in [7, 11) is 0.316. The maximum absolute atomic E-state index is 11.5. The molecular formula is C22H22N4O3S. The van der Waals surface area contributed by atoms with Crippen LogP contribution in [0.3, 0.4) is 0 Å². The summed E-state index contributed by atoms with van der Waals surface area (Å²) in [6, 6.07) is 19.0. The molecule has 4 aromatic rings. The van der Waals surface area contributed by atoms with Gasteiger partial charge in [0.1, 0.15) is 11.6 Å². The zero-order valence-electron chi connectivity index (χ0n) is 16.9. The number of nitrogens with one attached hydrogen (secondary N) is 2. The van der Waals surface area contributed by atoms with Gasteiger partial charge in [-0.3, -0.25) is 4.72 Å². The summed E-state index contributed by atoms with van der Waals surface area (Å²) in [5, 5.41) is 4.26. The van der Waals surface area contributed by atoms with Crippen LogP contribution in [0, 0.1) is 0 Å². The molecule has 0 radical (unpaired) electrons. The lowest BCUT2D eigenvalue weighted by molar-refractivity contribution is 0.415. The Morgan fingerprint density at radius 2 is 1.77 bits per heavy atom. The van der Waals surface area contributed by atoms with Crippen molar-refractivity contribution >= 4 is 38.1 Å². The minimum atomic E-state index is -3.35. The first kappa shape index (κ1) is 19.8. The Bertz CT molecular complexity index is 1330. The molecule has 30 heavy (non-hydrogen) atoms. The summed E-state index contributed by atoms with van der Waals surface area (Å²) in [6.07, 6.45) is 2.87. The van der Waals surface area contributed by atoms with Gasteiger partial charge in [-0.2, -0.15) is 0 Å². The first-order valence-corrected chi connectivity index (χ1v) is 11.2. The van der Waals surface area contributed by atoms with Crippen molar-refractivity contribution in [3.63, 3.8) is 0 Å². The number of sulfonamides is 1. The van der Waals surface area contributed by atoms with E-state index in [1.807, 2.05) is 43.4 Å². The van der Waals surface area contributed by atoms with Crippen molar-refractivity contribution in [3.8, 4) is 17.0 Å². The molecule has 0 spiro atoms. The maximum Gasteiger partial charge on any atom is 0.229 e. The Balaban J connectivity index is 1.73. The first-order chi connectivity index (χ1) is 14.3. The average Bonchev–Trinajstić information content (AvgIpc) is 3.05. The molecule has 4 rings (SSSR count). The van der Waals surface area contributed by atoms with Crippen molar-refractivity contribution in [1.29, 1.82) is 0 Å². The fourth-order valence-corrected chi connectivity index (χ4v) is 3.99. The molecule has 0 fully saturated rings. The number of anilines is 3. The highest BCUT2D eigenvalue weighted by atomic mass is 32.2. The number of aryl methyl sites for hydroxylation is 1. The van der Waals surface area contributed by atoms with Crippen molar-refractivity contribution in [2.75, 3.05) is 23.4 Å². The SMILES string of the molecule is COc1cccc(-c2cc3c(Nc4cccc(NS(C)(=O)=O)c4)nccc3n2C)c1. The van der Waals surface area contributed by atoms with E-state index >= 15 is 0 Å². The van der Waals surface area contributed by atoms with Crippen LogP contribution in [0.5, 0.6) is 5.75 Å². The minimum absolute atomic E-state index is 0.486. The first-order valence-electron chi connectivity index (χ1n) is 9.28. The molecule has 0 atom stereocenters. The van der Waals surface area contributed by atoms with Gasteiger partial charge in [0.15, 0.2) is 0 Å². The van der Waals surface area contributed by atoms with E-state index in [9.17, 15) is 8.42 Å². The number of aromatic nitrogens is 2. The zero-order chi connectivity index (χ0) is 21.3. The second-order valence-electron chi connectivity index (χ2n) is 6.99. The van der Waals surface area contributed by atoms with E-state index in [4.69, 9.17) is 4.74 Å². The molecule has 2 heterocycles. The maximum atomic E-state index is 11.5. The van der Waals surface area contributed by atoms with Gasteiger partial charge in [0, 0.05) is 35.6 Å². The van der Waals surface area contributed by atoms with Crippen molar-refractivity contribution in [2.45, 2.75) is 0 Å². The molecule has 8 heteroatoms. The Labute approximate surface area is 175 Å². The van der Waals surface area contributed by atoms with Crippen molar-refractivity contribution in [3.05, 3.63) is 66.9 Å². The van der Waals surface area contributed by atoms with Crippen molar-refractivity contribution in [1.82, 2.24) is 9.55 Å². The van der Waals surface area contributed by atoms with Crippen LogP contribution in [0.4, 0.5) is 17.2 Å². The van der Waals surface area contributed by atoms with Gasteiger partial charge < -0.3 is 14.6 Å². The van der Waals surface area contributed by atoms with Crippen molar-refractivity contribution in [2.24, 2.45) is 7.05 Å². The predicted molar refractivity (Wildman–Crippen MR) is 121 cm³/mol. The zero-order valence-corrected chi connectivity index (χ0v) is 17.7. The number of benzene rings is 2. The molecule has 154 valence electrons. The van der Waals surface area contributed by atoms with Gasteiger partial charge in [0.2, 0.25) is 10.0 Å². The highest BCUT2D eigenvalue weighted by molar-refractivity contribution is 7.92. The molecule has 0 bridgehead atoms. The molecule has 0 unspecified atom stereocenters. The number of ether oxygens (including phenoxy) is 1. The summed E-state index contributed by atoms with van der Waals surface area (Å²) in [4.78, 5) is 4.50. The molecule has 7 nitrogen and oxygen atoms in total. The van der Waals surface area contributed by atoms with E-state index < -0.39 is 10.0 Å². The van der Waals surface area contributed by atoms with Crippen LogP contribution < -0.4 is 14.8 Å². The Hall–Kier alpha value is -3.52. The number of nitrogens with zero attached hydrogens (tertiary/aromatic N) is 2. The summed E-state index contributed by atoms with van der Waals surface area (Å²) < 4.78 is 33.0. The van der Waals surface area contributed by atoms with E-state index in [1.54, 1.807) is 31.5 Å². The lowest BCUT2D eigenvalue weighted by Crippen LogP contribution is -2.09. The monoisotopic (exact) mass is 422 g/mol. The van der Waals surface area contributed by atoms with Crippen LogP contribution in [-0.2, 0) is 17.1 Å². The lowest BCUT2D eigenvalue weighted by atomic mass is 10.1. The summed E-state index contributed by atoms with van der Waals surface area (Å²) in [6.45, 7) is 0. The van der Waals surface area contributed by atoms with E-state index in [2.05, 4.69) is 25.7 Å². The molecule has 0 saturated carbocycles. The standard InChI is InChI=1S/C22H22N4O3S/c1-26-20-10-11-23-22(24-16-7-5-8-17(13-16)25-30(3,27)28)19(20)14-21(26)15-6-4-9-18(12-15)29-2/h4-14,25H,1-3H3,(H,23,24). The molecule has 2 N–H and O–H groups in total. The third-order valence-electron chi connectivity index (χ3n) is 4.76. The molecule has 2 aromatic carbocycles. The van der Waals surface area contributed by atoms with Crippen LogP contribution >= 0.6 is 0 Å². The van der Waals surface area contributed by atoms with Gasteiger partial charge in [-0.15, -0.1) is 0 Å². The lowest BCUT2D eigenvalue weighted by Gasteiger charge is -2.10. The quantitative estimate of drug-likeness (QED) is 0.482. The topological polar surface area (TPSA) is 85.2 Å². The highest BCUT2D eigenvalue weighted by Gasteiger charge is 2.13. The normalized spacial score (nSPS) is 11.4. The van der Waals surface area contributed by atoms with Crippen LogP contribution in [0.1, 0.15) is 0 Å². The fraction of sp³-hybridized carbons (Fsp3) is 0.136. The Morgan fingerprint density at radius 1 is 1.00 bits per heavy atom. The van der Waals surface area contributed by atoms with E-state index in [0.717, 1.165) is 39.9 Å². The molecule has 0 amide bonds. The van der Waals surface area contributed by atoms with Gasteiger partial charge in [-0.1, -0.05) is 18.2 Å². The van der Waals surface area contributed by atoms with E-state index in [1.165, 1.54) is 0 Å². The van der Waals surface area contributed by atoms with Crippen LogP contribution in [0.25, 0.3) is 22.2 Å². The van der Waals surface area contributed by atoms with Crippen molar-refractivity contribution < 1.29 is 13.2 Å². The van der Waals surface area contributed by atoms with E-state index in [-0.39, 0.29) is 0 Å². The Morgan fingerprint density at radius 3 is 2.53 bits per heavy atom. The van der Waals surface area contributed by atoms with Gasteiger partial charge in [0.05, 0.1) is 24.6 Å². The smallest absolute Gasteiger partial charge is 0.229 e. The second-order valence-corrected chi connectivity index (χ2v) is 8.74. The second kappa shape index (κ2) is 7.72. The fourth-order valence-electron chi connectivity index (χ4n) is 3.43. The molecule has 2 aromatic heterocycles. The number of hydrogen-bond acceptors (Lipinski definition) is 5. The van der Waals surface area contributed by atoms with Crippen LogP contribution in [0.15, 0.2) is 66.9 Å². The number of hydrogen-bond donors (Lipinski definition) is 2.